The van der Waals surface area contributed by atoms with Crippen LogP contribution in [0.3, 0.4) is 0 Å². The molecule has 0 aromatic heterocycles. The van der Waals surface area contributed by atoms with Crippen LogP contribution in [-0.4, -0.2) is 30.1 Å². The lowest BCUT2D eigenvalue weighted by Gasteiger charge is -2.08. The highest BCUT2D eigenvalue weighted by Crippen LogP contribution is 2.29. The molecule has 0 bridgehead atoms. The highest BCUT2D eigenvalue weighted by atomic mass is 16.5. The van der Waals surface area contributed by atoms with E-state index in [0.717, 1.165) is 16.7 Å². The summed E-state index contributed by atoms with van der Waals surface area (Å²) in [5.41, 5.74) is 3.67. The van der Waals surface area contributed by atoms with Gasteiger partial charge < -0.3 is 14.6 Å². The molecule has 4 rings (SSSR count). The van der Waals surface area contributed by atoms with Crippen molar-refractivity contribution < 1.29 is 24.2 Å². The molecule has 0 fully saturated rings. The second kappa shape index (κ2) is 12.3. The van der Waals surface area contributed by atoms with Crippen LogP contribution in [0.1, 0.15) is 27.9 Å². The Hall–Kier alpha value is -4.48. The van der Waals surface area contributed by atoms with E-state index in [4.69, 9.17) is 14.6 Å². The maximum Gasteiger partial charge on any atom is 0.336 e. The zero-order valence-electron chi connectivity index (χ0n) is 19.7. The third-order valence-electron chi connectivity index (χ3n) is 5.45. The number of aliphatic hydroxyl groups is 1. The summed E-state index contributed by atoms with van der Waals surface area (Å²) in [4.78, 5) is 25.2. The second-order valence-electron chi connectivity index (χ2n) is 8.02. The maximum atomic E-state index is 12.8. The summed E-state index contributed by atoms with van der Waals surface area (Å²) >= 11 is 0. The van der Waals surface area contributed by atoms with Crippen LogP contribution >= 0.6 is 0 Å². The summed E-state index contributed by atoms with van der Waals surface area (Å²) in [6.45, 7) is 0.497. The van der Waals surface area contributed by atoms with E-state index in [0.29, 0.717) is 35.7 Å². The minimum Gasteiger partial charge on any atom is -0.494 e. The Bertz CT molecular complexity index is 1320. The van der Waals surface area contributed by atoms with Gasteiger partial charge >= 0.3 is 5.97 Å². The molecule has 0 radical (unpaired) electrons. The van der Waals surface area contributed by atoms with Gasteiger partial charge in [0, 0.05) is 35.8 Å². The van der Waals surface area contributed by atoms with Crippen molar-refractivity contribution in [2.75, 3.05) is 13.2 Å². The maximum absolute atomic E-state index is 12.8. The van der Waals surface area contributed by atoms with Crippen molar-refractivity contribution in [3.63, 3.8) is 0 Å². The number of aliphatic hydroxyl groups excluding tert-OH is 1. The van der Waals surface area contributed by atoms with Crippen LogP contribution in [0.4, 0.5) is 0 Å². The molecule has 0 unspecified atom stereocenters. The summed E-state index contributed by atoms with van der Waals surface area (Å²) < 4.78 is 11.1. The number of ketones is 1. The fraction of sp³-hybridized carbons (Fsp3) is 0.0968. The quantitative estimate of drug-likeness (QED) is 0.100. The normalized spacial score (nSPS) is 10.8. The highest BCUT2D eigenvalue weighted by Gasteiger charge is 2.10. The van der Waals surface area contributed by atoms with Gasteiger partial charge in [-0.05, 0) is 47.5 Å². The van der Waals surface area contributed by atoms with Crippen LogP contribution in [0.5, 0.6) is 11.5 Å². The Kier molecular flexibility index (Phi) is 8.41. The van der Waals surface area contributed by atoms with Crippen LogP contribution in [-0.2, 0) is 4.79 Å². The monoisotopic (exact) mass is 478 g/mol. The number of rotatable bonds is 10. The fourth-order valence-corrected chi connectivity index (χ4v) is 3.59. The third-order valence-corrected chi connectivity index (χ3v) is 5.45. The molecule has 36 heavy (non-hydrogen) atoms. The van der Waals surface area contributed by atoms with Crippen molar-refractivity contribution in [1.29, 1.82) is 0 Å². The third kappa shape index (κ3) is 6.56. The highest BCUT2D eigenvalue weighted by molar-refractivity contribution is 6.09. The van der Waals surface area contributed by atoms with E-state index < -0.39 is 5.97 Å². The number of hydrogen-bond acceptors (Lipinski definition) is 5. The Labute approximate surface area is 210 Å². The number of benzene rings is 4. The molecule has 5 nitrogen and oxygen atoms in total. The largest absolute Gasteiger partial charge is 0.494 e. The van der Waals surface area contributed by atoms with E-state index in [9.17, 15) is 9.59 Å². The van der Waals surface area contributed by atoms with Crippen LogP contribution in [0, 0.1) is 0 Å². The molecule has 0 heterocycles. The number of ether oxygens (including phenoxy) is 2. The van der Waals surface area contributed by atoms with E-state index in [1.54, 1.807) is 60.7 Å². The van der Waals surface area contributed by atoms with Crippen molar-refractivity contribution in [3.05, 3.63) is 126 Å². The SMILES string of the molecule is O=C(C=Cc1ccc(C(=O)c2ccc(OCCCO)cc2)cc1)Oc1ccccc1-c1ccccc1. The van der Waals surface area contributed by atoms with E-state index >= 15 is 0 Å². The summed E-state index contributed by atoms with van der Waals surface area (Å²) in [5, 5.41) is 8.82. The van der Waals surface area contributed by atoms with Gasteiger partial charge in [0.25, 0.3) is 0 Å². The number of carbonyl (C=O) groups is 2. The molecule has 0 amide bonds. The fourth-order valence-electron chi connectivity index (χ4n) is 3.59. The minimum atomic E-state index is -0.486. The van der Waals surface area contributed by atoms with Crippen LogP contribution < -0.4 is 9.47 Å². The van der Waals surface area contributed by atoms with Crippen LogP contribution in [0.25, 0.3) is 17.2 Å². The standard InChI is InChI=1S/C31H26O5/c32-21-6-22-35-27-18-16-26(17-19-27)31(34)25-14-11-23(12-15-25)13-20-30(33)36-29-10-5-4-9-28(29)24-7-2-1-3-8-24/h1-5,7-20,32H,6,21-22H2. The lowest BCUT2D eigenvalue weighted by atomic mass is 10.0. The molecule has 1 N–H and O–H groups in total. The number of para-hydroxylation sites is 1. The average molecular weight is 479 g/mol. The lowest BCUT2D eigenvalue weighted by molar-refractivity contribution is -0.128. The Balaban J connectivity index is 1.37. The first kappa shape index (κ1) is 24.6. The van der Waals surface area contributed by atoms with Gasteiger partial charge in [-0.2, -0.15) is 0 Å². The first-order chi connectivity index (χ1) is 17.6. The Morgan fingerprint density at radius 3 is 2.08 bits per heavy atom. The summed E-state index contributed by atoms with van der Waals surface area (Å²) in [6, 6.07) is 31.1. The molecular weight excluding hydrogens is 452 g/mol. The van der Waals surface area contributed by atoms with Gasteiger partial charge in [-0.15, -0.1) is 0 Å². The van der Waals surface area contributed by atoms with Gasteiger partial charge in [0.1, 0.15) is 11.5 Å². The molecular formula is C31H26O5. The van der Waals surface area contributed by atoms with Gasteiger partial charge in [0.05, 0.1) is 6.61 Å². The zero-order chi connectivity index (χ0) is 25.2. The number of esters is 1. The molecule has 0 saturated carbocycles. The molecule has 5 heteroatoms. The summed E-state index contributed by atoms with van der Waals surface area (Å²) in [6.07, 6.45) is 3.58. The van der Waals surface area contributed by atoms with Crippen LogP contribution in [0.2, 0.25) is 0 Å². The molecule has 0 spiro atoms. The zero-order valence-corrected chi connectivity index (χ0v) is 19.7. The molecule has 0 atom stereocenters. The Morgan fingerprint density at radius 2 is 1.39 bits per heavy atom. The molecule has 0 saturated heterocycles. The molecule has 0 aliphatic carbocycles. The molecule has 0 aliphatic rings. The van der Waals surface area contributed by atoms with Crippen molar-refractivity contribution in [2.24, 2.45) is 0 Å². The van der Waals surface area contributed by atoms with Crippen molar-refractivity contribution >= 4 is 17.8 Å². The molecule has 0 aliphatic heterocycles. The van der Waals surface area contributed by atoms with Crippen molar-refractivity contribution in [1.82, 2.24) is 0 Å². The second-order valence-corrected chi connectivity index (χ2v) is 8.02. The molecule has 4 aromatic rings. The van der Waals surface area contributed by atoms with E-state index in [-0.39, 0.29) is 12.4 Å². The first-order valence-corrected chi connectivity index (χ1v) is 11.7. The predicted molar refractivity (Wildman–Crippen MR) is 140 cm³/mol. The minimum absolute atomic E-state index is 0.0746. The van der Waals surface area contributed by atoms with E-state index in [1.165, 1.54) is 6.08 Å². The van der Waals surface area contributed by atoms with E-state index in [1.807, 2.05) is 48.5 Å². The number of carbonyl (C=O) groups excluding carboxylic acids is 2. The van der Waals surface area contributed by atoms with Gasteiger partial charge in [-0.3, -0.25) is 4.79 Å². The topological polar surface area (TPSA) is 72.8 Å². The predicted octanol–water partition coefficient (Wildman–Crippen LogP) is 5.96. The first-order valence-electron chi connectivity index (χ1n) is 11.7. The van der Waals surface area contributed by atoms with Gasteiger partial charge in [0.2, 0.25) is 0 Å². The molecule has 180 valence electrons. The smallest absolute Gasteiger partial charge is 0.336 e. The summed E-state index contributed by atoms with van der Waals surface area (Å²) in [7, 11) is 0. The van der Waals surface area contributed by atoms with Crippen molar-refractivity contribution in [3.8, 4) is 22.6 Å². The van der Waals surface area contributed by atoms with Crippen molar-refractivity contribution in [2.45, 2.75) is 6.42 Å². The van der Waals surface area contributed by atoms with Gasteiger partial charge in [-0.1, -0.05) is 72.8 Å². The lowest BCUT2D eigenvalue weighted by Crippen LogP contribution is -2.04. The van der Waals surface area contributed by atoms with Gasteiger partial charge in [0.15, 0.2) is 5.78 Å². The molecule has 4 aromatic carbocycles. The van der Waals surface area contributed by atoms with Crippen LogP contribution in [0.15, 0.2) is 109 Å². The van der Waals surface area contributed by atoms with Gasteiger partial charge in [-0.25, -0.2) is 4.79 Å². The van der Waals surface area contributed by atoms with E-state index in [2.05, 4.69) is 0 Å². The average Bonchev–Trinajstić information content (AvgIpc) is 2.93. The summed E-state index contributed by atoms with van der Waals surface area (Å²) in [5.74, 6) is 0.548. The Morgan fingerprint density at radius 1 is 0.750 bits per heavy atom. The number of hydrogen-bond donors (Lipinski definition) is 1.